The summed E-state index contributed by atoms with van der Waals surface area (Å²) in [7, 11) is 0. The number of nitrogens with zero attached hydrogens (tertiary/aromatic N) is 2. The van der Waals surface area contributed by atoms with Gasteiger partial charge in [-0.1, -0.05) is 24.3 Å². The van der Waals surface area contributed by atoms with Crippen LogP contribution in [0.3, 0.4) is 0 Å². The Morgan fingerprint density at radius 3 is 2.93 bits per heavy atom. The molecule has 2 atom stereocenters. The lowest BCUT2D eigenvalue weighted by Gasteiger charge is -2.24. The summed E-state index contributed by atoms with van der Waals surface area (Å²) in [6, 6.07) is 7.73. The minimum absolute atomic E-state index is 0.0402. The van der Waals surface area contributed by atoms with Crippen LogP contribution in [0.2, 0.25) is 0 Å². The number of cyclic esters (lactones) is 1. The molecule has 1 aliphatic heterocycles. The Bertz CT molecular complexity index is 857. The molecule has 1 aromatic heterocycles. The van der Waals surface area contributed by atoms with Gasteiger partial charge in [-0.25, -0.2) is 4.98 Å². The molecule has 1 saturated carbocycles. The molecule has 0 bridgehead atoms. The predicted molar refractivity (Wildman–Crippen MR) is 101 cm³/mol. The van der Waals surface area contributed by atoms with Gasteiger partial charge in [0, 0.05) is 37.0 Å². The molecule has 2 aromatic rings. The highest BCUT2D eigenvalue weighted by molar-refractivity contribution is 5.90. The number of aryl methyl sites for hydroxylation is 1. The normalized spacial score (nSPS) is 23.9. The number of allylic oxidation sites excluding steroid dienone is 1. The van der Waals surface area contributed by atoms with E-state index >= 15 is 0 Å². The van der Waals surface area contributed by atoms with E-state index in [0.29, 0.717) is 32.4 Å². The molecular weight excluding hydrogens is 342 g/mol. The minimum Gasteiger partial charge on any atom is -0.465 e. The third-order valence-corrected chi connectivity index (χ3v) is 5.62. The van der Waals surface area contributed by atoms with E-state index in [1.54, 1.807) is 12.5 Å². The number of anilines is 1. The quantitative estimate of drug-likeness (QED) is 0.631. The predicted octanol–water partition coefficient (Wildman–Crippen LogP) is 2.96. The molecular formula is C21H23N3O3. The van der Waals surface area contributed by atoms with Crippen LogP contribution in [0.5, 0.6) is 0 Å². The topological polar surface area (TPSA) is 73.2 Å². The van der Waals surface area contributed by atoms with Gasteiger partial charge < -0.3 is 14.6 Å². The van der Waals surface area contributed by atoms with Crippen molar-refractivity contribution < 1.29 is 14.3 Å². The number of rotatable bonds is 6. The summed E-state index contributed by atoms with van der Waals surface area (Å²) in [5.74, 6) is 0.102. The number of amides is 1. The van der Waals surface area contributed by atoms with Crippen molar-refractivity contribution in [2.75, 3.05) is 11.9 Å². The maximum absolute atomic E-state index is 12.4. The van der Waals surface area contributed by atoms with Crippen LogP contribution in [-0.4, -0.2) is 28.0 Å². The van der Waals surface area contributed by atoms with E-state index < -0.39 is 5.41 Å². The number of benzene rings is 1. The molecule has 0 spiro atoms. The maximum atomic E-state index is 12.4. The lowest BCUT2D eigenvalue weighted by Crippen LogP contribution is -2.31. The second-order valence-electron chi connectivity index (χ2n) is 7.55. The van der Waals surface area contributed by atoms with Gasteiger partial charge in [0.2, 0.25) is 5.91 Å². The zero-order chi connectivity index (χ0) is 18.9. The molecule has 2 unspecified atom stereocenters. The average Bonchev–Trinajstić information content (AvgIpc) is 3.33. The summed E-state index contributed by atoms with van der Waals surface area (Å²) < 4.78 is 7.20. The minimum atomic E-state index is -0.452. The fraction of sp³-hybridized carbons (Fsp3) is 0.381. The van der Waals surface area contributed by atoms with Crippen LogP contribution in [-0.2, 0) is 27.3 Å². The molecule has 2 fully saturated rings. The van der Waals surface area contributed by atoms with Crippen molar-refractivity contribution in [3.05, 3.63) is 60.7 Å². The Labute approximate surface area is 158 Å². The number of carbonyl (C=O) groups is 2. The van der Waals surface area contributed by atoms with E-state index in [-0.39, 0.29) is 17.8 Å². The number of carbonyl (C=O) groups excluding carboxylic acids is 2. The molecule has 1 saturated heterocycles. The smallest absolute Gasteiger partial charge is 0.313 e. The number of imidazole rings is 1. The van der Waals surface area contributed by atoms with E-state index in [1.165, 1.54) is 0 Å². The Hall–Kier alpha value is -2.89. The van der Waals surface area contributed by atoms with Crippen LogP contribution in [0, 0.1) is 11.3 Å². The first-order valence-corrected chi connectivity index (χ1v) is 9.23. The second-order valence-corrected chi connectivity index (χ2v) is 7.55. The van der Waals surface area contributed by atoms with Gasteiger partial charge in [-0.05, 0) is 37.0 Å². The van der Waals surface area contributed by atoms with Gasteiger partial charge in [0.15, 0.2) is 0 Å². The van der Waals surface area contributed by atoms with Crippen molar-refractivity contribution in [2.24, 2.45) is 11.3 Å². The zero-order valence-corrected chi connectivity index (χ0v) is 15.2. The van der Waals surface area contributed by atoms with Crippen LogP contribution in [0.4, 0.5) is 5.69 Å². The summed E-state index contributed by atoms with van der Waals surface area (Å²) in [5.41, 5.74) is 2.52. The lowest BCUT2D eigenvalue weighted by molar-refractivity contribution is -0.146. The molecule has 1 aromatic carbocycles. The van der Waals surface area contributed by atoms with Gasteiger partial charge in [0.25, 0.3) is 0 Å². The summed E-state index contributed by atoms with van der Waals surface area (Å²) in [5, 5.41) is 2.91. The molecule has 1 aliphatic carbocycles. The largest absolute Gasteiger partial charge is 0.465 e. The van der Waals surface area contributed by atoms with Crippen LogP contribution in [0.25, 0.3) is 0 Å². The van der Waals surface area contributed by atoms with E-state index in [9.17, 15) is 9.59 Å². The fourth-order valence-electron chi connectivity index (χ4n) is 4.21. The Morgan fingerprint density at radius 2 is 2.19 bits per heavy atom. The number of fused-ring (bicyclic) bond motifs is 1. The summed E-state index contributed by atoms with van der Waals surface area (Å²) in [4.78, 5) is 28.4. The molecule has 2 aliphatic rings. The van der Waals surface area contributed by atoms with E-state index in [4.69, 9.17) is 4.74 Å². The molecule has 27 heavy (non-hydrogen) atoms. The lowest BCUT2D eigenvalue weighted by atomic mass is 9.75. The molecule has 0 radical (unpaired) electrons. The van der Waals surface area contributed by atoms with Crippen LogP contribution in [0.15, 0.2) is 55.1 Å². The van der Waals surface area contributed by atoms with Crippen molar-refractivity contribution in [3.63, 3.8) is 0 Å². The first kappa shape index (κ1) is 17.5. The van der Waals surface area contributed by atoms with Gasteiger partial charge in [0.1, 0.15) is 0 Å². The summed E-state index contributed by atoms with van der Waals surface area (Å²) >= 11 is 0. The standard InChI is InChI=1S/C21H23N3O3/c1-15-10-17-13-27-20(26)21(17,11-15)12-16-2-4-18(5-3-16)23-19(25)6-8-24-9-7-22-14-24/h2-5,7,9,14,17H,1,6,8,10-13H2,(H,23,25). The summed E-state index contributed by atoms with van der Waals surface area (Å²) in [6.45, 7) is 5.18. The fourth-order valence-corrected chi connectivity index (χ4v) is 4.21. The molecule has 1 amide bonds. The summed E-state index contributed by atoms with van der Waals surface area (Å²) in [6.07, 6.45) is 7.85. The number of esters is 1. The van der Waals surface area contributed by atoms with Gasteiger partial charge in [-0.3, -0.25) is 9.59 Å². The second kappa shape index (κ2) is 7.02. The van der Waals surface area contributed by atoms with E-state index in [2.05, 4.69) is 16.9 Å². The van der Waals surface area contributed by atoms with Gasteiger partial charge in [-0.2, -0.15) is 0 Å². The van der Waals surface area contributed by atoms with Crippen molar-refractivity contribution in [1.29, 1.82) is 0 Å². The molecule has 140 valence electrons. The van der Waals surface area contributed by atoms with Crippen molar-refractivity contribution >= 4 is 17.6 Å². The number of aromatic nitrogens is 2. The Balaban J connectivity index is 1.37. The molecule has 1 N–H and O–H groups in total. The molecule has 4 rings (SSSR count). The first-order valence-electron chi connectivity index (χ1n) is 9.23. The van der Waals surface area contributed by atoms with Crippen LogP contribution < -0.4 is 5.32 Å². The Kier molecular flexibility index (Phi) is 4.56. The van der Waals surface area contributed by atoms with Gasteiger partial charge >= 0.3 is 5.97 Å². The first-order chi connectivity index (χ1) is 13.0. The third-order valence-electron chi connectivity index (χ3n) is 5.62. The van der Waals surface area contributed by atoms with Crippen LogP contribution in [0.1, 0.15) is 24.8 Å². The molecule has 6 heteroatoms. The van der Waals surface area contributed by atoms with E-state index in [0.717, 1.165) is 23.2 Å². The number of hydrogen-bond donors (Lipinski definition) is 1. The number of hydrogen-bond acceptors (Lipinski definition) is 4. The maximum Gasteiger partial charge on any atom is 0.313 e. The van der Waals surface area contributed by atoms with Gasteiger partial charge in [0.05, 0.1) is 18.3 Å². The highest BCUT2D eigenvalue weighted by atomic mass is 16.5. The Morgan fingerprint density at radius 1 is 1.37 bits per heavy atom. The molecule has 6 nitrogen and oxygen atoms in total. The zero-order valence-electron chi connectivity index (χ0n) is 15.2. The highest BCUT2D eigenvalue weighted by Gasteiger charge is 2.55. The number of nitrogens with one attached hydrogen (secondary N) is 1. The average molecular weight is 365 g/mol. The highest BCUT2D eigenvalue weighted by Crippen LogP contribution is 2.52. The van der Waals surface area contributed by atoms with Gasteiger partial charge in [-0.15, -0.1) is 0 Å². The number of ether oxygens (including phenoxy) is 1. The van der Waals surface area contributed by atoms with Crippen molar-refractivity contribution in [3.8, 4) is 0 Å². The van der Waals surface area contributed by atoms with Crippen molar-refractivity contribution in [1.82, 2.24) is 9.55 Å². The monoisotopic (exact) mass is 365 g/mol. The van der Waals surface area contributed by atoms with Crippen LogP contribution >= 0.6 is 0 Å². The molecule has 2 heterocycles. The third kappa shape index (κ3) is 3.52. The SMILES string of the molecule is C=C1CC2COC(=O)C2(Cc2ccc(NC(=O)CCn3ccnc3)cc2)C1. The van der Waals surface area contributed by atoms with E-state index in [1.807, 2.05) is 35.0 Å². The van der Waals surface area contributed by atoms with Crippen molar-refractivity contribution in [2.45, 2.75) is 32.2 Å².